The van der Waals surface area contributed by atoms with Crippen LogP contribution in [0.2, 0.25) is 0 Å². The molecule has 0 aliphatic carbocycles. The first kappa shape index (κ1) is 12.3. The van der Waals surface area contributed by atoms with Gasteiger partial charge in [0, 0.05) is 12.6 Å². The topological polar surface area (TPSA) is 39.7 Å². The van der Waals surface area contributed by atoms with Crippen LogP contribution in [0, 0.1) is 6.92 Å². The van der Waals surface area contributed by atoms with Gasteiger partial charge in [-0.25, -0.2) is 4.79 Å². The first-order chi connectivity index (χ1) is 8.04. The molecule has 2 heterocycles. The van der Waals surface area contributed by atoms with Crippen LogP contribution in [0.5, 0.6) is 0 Å². The Morgan fingerprint density at radius 3 is 2.65 bits per heavy atom. The molecule has 1 fully saturated rings. The van der Waals surface area contributed by atoms with E-state index in [2.05, 4.69) is 16.2 Å². The second-order valence-corrected chi connectivity index (χ2v) is 5.21. The minimum atomic E-state index is 0.0532. The summed E-state index contributed by atoms with van der Waals surface area (Å²) in [4.78, 5) is 17.7. The Labute approximate surface area is 106 Å². The molecule has 0 unspecified atom stereocenters. The third kappa shape index (κ3) is 2.14. The number of anilines is 1. The highest BCUT2D eigenvalue weighted by Gasteiger charge is 2.29. The number of hydrogen-bond donors (Lipinski definition) is 0. The molecule has 6 heteroatoms. The van der Waals surface area contributed by atoms with Crippen molar-refractivity contribution >= 4 is 22.6 Å². The van der Waals surface area contributed by atoms with Crippen molar-refractivity contribution < 1.29 is 4.79 Å². The molecule has 1 aromatic rings. The number of carbonyl (C=O) groups is 1. The summed E-state index contributed by atoms with van der Waals surface area (Å²) in [6.45, 7) is 5.44. The molecule has 0 N–H and O–H groups in total. The summed E-state index contributed by atoms with van der Waals surface area (Å²) in [7, 11) is 3.83. The SMILES string of the molecule is CCc1nsc(N2CN(C)CN(C)C2=O)c1C. The highest BCUT2D eigenvalue weighted by molar-refractivity contribution is 7.10. The van der Waals surface area contributed by atoms with E-state index in [1.54, 1.807) is 9.80 Å². The number of rotatable bonds is 2. The summed E-state index contributed by atoms with van der Waals surface area (Å²) >= 11 is 1.42. The second-order valence-electron chi connectivity index (χ2n) is 4.46. The Hall–Kier alpha value is -1.14. The first-order valence-electron chi connectivity index (χ1n) is 5.71. The highest BCUT2D eigenvalue weighted by atomic mass is 32.1. The van der Waals surface area contributed by atoms with E-state index in [9.17, 15) is 4.79 Å². The van der Waals surface area contributed by atoms with Gasteiger partial charge in [0.25, 0.3) is 0 Å². The molecule has 1 saturated heterocycles. The molecule has 0 spiro atoms. The summed E-state index contributed by atoms with van der Waals surface area (Å²) in [5.74, 6) is 0. The summed E-state index contributed by atoms with van der Waals surface area (Å²) in [6, 6.07) is 0.0532. The van der Waals surface area contributed by atoms with Crippen LogP contribution in [-0.4, -0.2) is 47.6 Å². The molecule has 0 bridgehead atoms. The van der Waals surface area contributed by atoms with Gasteiger partial charge in [0.05, 0.1) is 19.0 Å². The molecule has 0 radical (unpaired) electrons. The van der Waals surface area contributed by atoms with Gasteiger partial charge >= 0.3 is 6.03 Å². The van der Waals surface area contributed by atoms with E-state index in [0.29, 0.717) is 13.3 Å². The molecule has 94 valence electrons. The first-order valence-corrected chi connectivity index (χ1v) is 6.48. The second kappa shape index (κ2) is 4.62. The van der Waals surface area contributed by atoms with Gasteiger partial charge in [0.2, 0.25) is 0 Å². The van der Waals surface area contributed by atoms with Crippen LogP contribution >= 0.6 is 11.5 Å². The number of carbonyl (C=O) groups excluding carboxylic acids is 1. The van der Waals surface area contributed by atoms with Crippen molar-refractivity contribution in [3.63, 3.8) is 0 Å². The van der Waals surface area contributed by atoms with Crippen LogP contribution < -0.4 is 4.90 Å². The Bertz CT molecular complexity index is 431. The number of urea groups is 1. The Morgan fingerprint density at radius 1 is 1.35 bits per heavy atom. The average molecular weight is 254 g/mol. The molecule has 5 nitrogen and oxygen atoms in total. The van der Waals surface area contributed by atoms with Crippen molar-refractivity contribution in [2.45, 2.75) is 20.3 Å². The fourth-order valence-electron chi connectivity index (χ4n) is 2.07. The van der Waals surface area contributed by atoms with E-state index in [1.807, 2.05) is 21.0 Å². The van der Waals surface area contributed by atoms with Gasteiger partial charge in [0.1, 0.15) is 5.00 Å². The third-order valence-electron chi connectivity index (χ3n) is 2.97. The smallest absolute Gasteiger partial charge is 0.314 e. The van der Waals surface area contributed by atoms with Crippen LogP contribution in [0.1, 0.15) is 18.2 Å². The average Bonchev–Trinajstić information content (AvgIpc) is 2.65. The lowest BCUT2D eigenvalue weighted by molar-refractivity contribution is 0.149. The van der Waals surface area contributed by atoms with Crippen molar-refractivity contribution in [3.8, 4) is 0 Å². The van der Waals surface area contributed by atoms with E-state index in [1.165, 1.54) is 11.5 Å². The predicted octanol–water partition coefficient (Wildman–Crippen LogP) is 1.73. The summed E-state index contributed by atoms with van der Waals surface area (Å²) in [5.41, 5.74) is 2.23. The van der Waals surface area contributed by atoms with Gasteiger partial charge < -0.3 is 4.90 Å². The van der Waals surface area contributed by atoms with Gasteiger partial charge in [-0.1, -0.05) is 6.92 Å². The van der Waals surface area contributed by atoms with Crippen LogP contribution in [-0.2, 0) is 6.42 Å². The number of nitrogens with zero attached hydrogens (tertiary/aromatic N) is 4. The summed E-state index contributed by atoms with van der Waals surface area (Å²) in [6.07, 6.45) is 0.913. The van der Waals surface area contributed by atoms with Crippen LogP contribution in [0.3, 0.4) is 0 Å². The molecule has 1 aliphatic rings. The van der Waals surface area contributed by atoms with E-state index >= 15 is 0 Å². The van der Waals surface area contributed by atoms with Crippen molar-refractivity contribution in [1.82, 2.24) is 14.2 Å². The molecule has 2 rings (SSSR count). The zero-order valence-corrected chi connectivity index (χ0v) is 11.5. The lowest BCUT2D eigenvalue weighted by Crippen LogP contribution is -2.55. The van der Waals surface area contributed by atoms with Crippen molar-refractivity contribution in [2.24, 2.45) is 0 Å². The molecule has 17 heavy (non-hydrogen) atoms. The van der Waals surface area contributed by atoms with E-state index < -0.39 is 0 Å². The van der Waals surface area contributed by atoms with Gasteiger partial charge in [0.15, 0.2) is 0 Å². The lowest BCUT2D eigenvalue weighted by atomic mass is 10.2. The molecule has 2 amide bonds. The Kier molecular flexibility index (Phi) is 3.35. The number of aryl methyl sites for hydroxylation is 1. The fourth-order valence-corrected chi connectivity index (χ4v) is 3.02. The fraction of sp³-hybridized carbons (Fsp3) is 0.636. The maximum absolute atomic E-state index is 12.1. The Balaban J connectivity index is 2.31. The largest absolute Gasteiger partial charge is 0.327 e. The Morgan fingerprint density at radius 2 is 2.06 bits per heavy atom. The van der Waals surface area contributed by atoms with E-state index in [-0.39, 0.29) is 6.03 Å². The van der Waals surface area contributed by atoms with Gasteiger partial charge in [-0.2, -0.15) is 4.37 Å². The minimum absolute atomic E-state index is 0.0532. The minimum Gasteiger partial charge on any atom is -0.314 e. The number of amides is 2. The van der Waals surface area contributed by atoms with Crippen LogP contribution in [0.15, 0.2) is 0 Å². The third-order valence-corrected chi connectivity index (χ3v) is 3.98. The quantitative estimate of drug-likeness (QED) is 0.807. The van der Waals surface area contributed by atoms with Gasteiger partial charge in [-0.3, -0.25) is 9.80 Å². The van der Waals surface area contributed by atoms with Crippen LogP contribution in [0.4, 0.5) is 9.80 Å². The molecule has 0 saturated carbocycles. The maximum atomic E-state index is 12.1. The molecule has 0 atom stereocenters. The number of aromatic nitrogens is 1. The van der Waals surface area contributed by atoms with E-state index in [0.717, 1.165) is 22.7 Å². The molecular formula is C11H18N4OS. The zero-order valence-electron chi connectivity index (χ0n) is 10.7. The van der Waals surface area contributed by atoms with Crippen LogP contribution in [0.25, 0.3) is 0 Å². The molecule has 1 aliphatic heterocycles. The molecule has 0 aromatic carbocycles. The van der Waals surface area contributed by atoms with Crippen molar-refractivity contribution in [3.05, 3.63) is 11.3 Å². The van der Waals surface area contributed by atoms with Gasteiger partial charge in [-0.15, -0.1) is 0 Å². The zero-order chi connectivity index (χ0) is 12.6. The summed E-state index contributed by atoms with van der Waals surface area (Å²) in [5, 5.41) is 0.977. The molecular weight excluding hydrogens is 236 g/mol. The van der Waals surface area contributed by atoms with Crippen molar-refractivity contribution in [2.75, 3.05) is 32.3 Å². The van der Waals surface area contributed by atoms with Gasteiger partial charge in [-0.05, 0) is 31.9 Å². The highest BCUT2D eigenvalue weighted by Crippen LogP contribution is 2.30. The molecule has 1 aromatic heterocycles. The van der Waals surface area contributed by atoms with E-state index in [4.69, 9.17) is 0 Å². The lowest BCUT2D eigenvalue weighted by Gasteiger charge is -2.38. The predicted molar refractivity (Wildman–Crippen MR) is 69.4 cm³/mol. The van der Waals surface area contributed by atoms with Crippen molar-refractivity contribution in [1.29, 1.82) is 0 Å². The monoisotopic (exact) mass is 254 g/mol. The maximum Gasteiger partial charge on any atom is 0.327 e. The number of hydrogen-bond acceptors (Lipinski definition) is 4. The summed E-state index contributed by atoms with van der Waals surface area (Å²) < 4.78 is 4.40. The normalized spacial score (nSPS) is 18.0. The standard InChI is InChI=1S/C11H18N4OS/c1-5-9-8(2)10(17-12-9)15-7-13(3)6-14(4)11(15)16/h5-7H2,1-4H3.